The Labute approximate surface area is 125 Å². The van der Waals surface area contributed by atoms with E-state index in [1.54, 1.807) is 12.3 Å². The molecular formula is C14H15BrN2O3. The molecule has 0 aromatic carbocycles. The van der Waals surface area contributed by atoms with Crippen molar-refractivity contribution in [3.63, 3.8) is 0 Å². The van der Waals surface area contributed by atoms with Crippen LogP contribution < -0.4 is 5.32 Å². The highest BCUT2D eigenvalue weighted by molar-refractivity contribution is 9.10. The van der Waals surface area contributed by atoms with Crippen LogP contribution in [-0.4, -0.2) is 22.0 Å². The van der Waals surface area contributed by atoms with E-state index in [1.165, 1.54) is 0 Å². The van der Waals surface area contributed by atoms with Crippen molar-refractivity contribution < 1.29 is 14.7 Å². The van der Waals surface area contributed by atoms with E-state index in [-0.39, 0.29) is 5.91 Å². The first-order valence-electron chi connectivity index (χ1n) is 6.30. The summed E-state index contributed by atoms with van der Waals surface area (Å²) in [5.74, 6) is -2.41. The van der Waals surface area contributed by atoms with Crippen molar-refractivity contribution >= 4 is 33.5 Å². The number of allylic oxidation sites excluding steroid dienone is 2. The topological polar surface area (TPSA) is 79.3 Å². The van der Waals surface area contributed by atoms with Crippen LogP contribution in [0.15, 0.2) is 29.0 Å². The van der Waals surface area contributed by atoms with Gasteiger partial charge in [0.05, 0.1) is 23.7 Å². The van der Waals surface area contributed by atoms with E-state index < -0.39 is 17.8 Å². The largest absolute Gasteiger partial charge is 0.481 e. The second kappa shape index (κ2) is 6.17. The first-order chi connectivity index (χ1) is 9.49. The minimum atomic E-state index is -0.931. The van der Waals surface area contributed by atoms with E-state index in [2.05, 4.69) is 26.2 Å². The van der Waals surface area contributed by atoms with Gasteiger partial charge in [-0.15, -0.1) is 0 Å². The molecule has 0 saturated carbocycles. The molecule has 1 aliphatic carbocycles. The number of carboxylic acids is 1. The molecule has 0 fully saturated rings. The maximum absolute atomic E-state index is 12.2. The van der Waals surface area contributed by atoms with Crippen molar-refractivity contribution in [3.8, 4) is 0 Å². The lowest BCUT2D eigenvalue weighted by Gasteiger charge is -2.24. The van der Waals surface area contributed by atoms with E-state index in [1.807, 2.05) is 19.1 Å². The molecule has 0 bridgehead atoms. The van der Waals surface area contributed by atoms with Gasteiger partial charge >= 0.3 is 5.97 Å². The van der Waals surface area contributed by atoms with Crippen LogP contribution in [-0.2, 0) is 9.59 Å². The molecule has 5 nitrogen and oxygen atoms in total. The number of carbonyl (C=O) groups excluding carboxylic acids is 1. The number of pyridine rings is 1. The number of rotatable bonds is 3. The molecule has 0 unspecified atom stereocenters. The Morgan fingerprint density at radius 3 is 2.60 bits per heavy atom. The third-order valence-electron chi connectivity index (χ3n) is 3.37. The average molecular weight is 339 g/mol. The molecule has 2 atom stereocenters. The zero-order chi connectivity index (χ0) is 14.7. The second-order valence-electron chi connectivity index (χ2n) is 4.81. The van der Waals surface area contributed by atoms with Gasteiger partial charge in [-0.05, 0) is 47.3 Å². The number of carboxylic acid groups (broad SMARTS) is 1. The Morgan fingerprint density at radius 2 is 2.00 bits per heavy atom. The van der Waals surface area contributed by atoms with Gasteiger partial charge in [0.2, 0.25) is 5.91 Å². The SMILES string of the molecule is Cc1cc(NC(=O)[C@@H]2CC=CC[C@@H]2C(=O)O)cnc1Br. The summed E-state index contributed by atoms with van der Waals surface area (Å²) in [6.07, 6.45) is 6.06. The number of amides is 1. The van der Waals surface area contributed by atoms with E-state index in [4.69, 9.17) is 0 Å². The van der Waals surface area contributed by atoms with Gasteiger partial charge in [0, 0.05) is 0 Å². The van der Waals surface area contributed by atoms with Crippen LogP contribution in [0.25, 0.3) is 0 Å². The van der Waals surface area contributed by atoms with Crippen LogP contribution in [0.1, 0.15) is 18.4 Å². The van der Waals surface area contributed by atoms with E-state index in [9.17, 15) is 14.7 Å². The molecule has 2 N–H and O–H groups in total. The third-order valence-corrected chi connectivity index (χ3v) is 4.20. The van der Waals surface area contributed by atoms with Crippen molar-refractivity contribution in [3.05, 3.63) is 34.6 Å². The fraction of sp³-hybridized carbons (Fsp3) is 0.357. The van der Waals surface area contributed by atoms with Gasteiger partial charge < -0.3 is 10.4 Å². The first kappa shape index (κ1) is 14.7. The molecule has 0 spiro atoms. The molecular weight excluding hydrogens is 324 g/mol. The Bertz CT molecular complexity index is 572. The Morgan fingerprint density at radius 1 is 1.35 bits per heavy atom. The second-order valence-corrected chi connectivity index (χ2v) is 5.57. The van der Waals surface area contributed by atoms with Crippen LogP contribution in [0.5, 0.6) is 0 Å². The van der Waals surface area contributed by atoms with Crippen molar-refractivity contribution in [2.24, 2.45) is 11.8 Å². The summed E-state index contributed by atoms with van der Waals surface area (Å²) in [6, 6.07) is 1.80. The van der Waals surface area contributed by atoms with Gasteiger partial charge in [-0.25, -0.2) is 4.98 Å². The number of hydrogen-bond acceptors (Lipinski definition) is 3. The molecule has 6 heteroatoms. The van der Waals surface area contributed by atoms with Crippen molar-refractivity contribution in [2.75, 3.05) is 5.32 Å². The minimum Gasteiger partial charge on any atom is -0.481 e. The highest BCUT2D eigenvalue weighted by Gasteiger charge is 2.33. The van der Waals surface area contributed by atoms with Gasteiger partial charge in [-0.1, -0.05) is 12.2 Å². The van der Waals surface area contributed by atoms with Crippen LogP contribution in [0.2, 0.25) is 0 Å². The highest BCUT2D eigenvalue weighted by Crippen LogP contribution is 2.27. The zero-order valence-electron chi connectivity index (χ0n) is 11.0. The number of nitrogens with one attached hydrogen (secondary N) is 1. The van der Waals surface area contributed by atoms with Gasteiger partial charge in [0.25, 0.3) is 0 Å². The molecule has 106 valence electrons. The molecule has 0 aliphatic heterocycles. The number of halogens is 1. The van der Waals surface area contributed by atoms with Crippen LogP contribution in [0.3, 0.4) is 0 Å². The molecule has 20 heavy (non-hydrogen) atoms. The molecule has 2 rings (SSSR count). The van der Waals surface area contributed by atoms with Gasteiger partial charge in [0.1, 0.15) is 4.60 Å². The van der Waals surface area contributed by atoms with Crippen molar-refractivity contribution in [2.45, 2.75) is 19.8 Å². The number of aliphatic carboxylic acids is 1. The Kier molecular flexibility index (Phi) is 4.54. The summed E-state index contributed by atoms with van der Waals surface area (Å²) in [6.45, 7) is 1.87. The Balaban J connectivity index is 2.12. The normalized spacial score (nSPS) is 21.5. The first-order valence-corrected chi connectivity index (χ1v) is 7.09. The molecule has 1 aromatic heterocycles. The van der Waals surface area contributed by atoms with Gasteiger partial charge in [0.15, 0.2) is 0 Å². The van der Waals surface area contributed by atoms with Gasteiger partial charge in [-0.2, -0.15) is 0 Å². The lowest BCUT2D eigenvalue weighted by molar-refractivity contribution is -0.146. The zero-order valence-corrected chi connectivity index (χ0v) is 12.6. The number of carbonyl (C=O) groups is 2. The molecule has 1 aromatic rings. The molecule has 1 amide bonds. The van der Waals surface area contributed by atoms with Crippen molar-refractivity contribution in [1.29, 1.82) is 0 Å². The van der Waals surface area contributed by atoms with Crippen LogP contribution in [0, 0.1) is 18.8 Å². The summed E-state index contributed by atoms with van der Waals surface area (Å²) in [4.78, 5) is 27.5. The fourth-order valence-electron chi connectivity index (χ4n) is 2.24. The quantitative estimate of drug-likeness (QED) is 0.656. The smallest absolute Gasteiger partial charge is 0.307 e. The van der Waals surface area contributed by atoms with Gasteiger partial charge in [-0.3, -0.25) is 9.59 Å². The maximum atomic E-state index is 12.2. The van der Waals surface area contributed by atoms with E-state index >= 15 is 0 Å². The summed E-state index contributed by atoms with van der Waals surface area (Å²) in [7, 11) is 0. The number of aryl methyl sites for hydroxylation is 1. The third kappa shape index (κ3) is 3.25. The lowest BCUT2D eigenvalue weighted by atomic mass is 9.82. The number of aromatic nitrogens is 1. The summed E-state index contributed by atoms with van der Waals surface area (Å²) in [5, 5.41) is 11.9. The molecule has 0 radical (unpaired) electrons. The summed E-state index contributed by atoms with van der Waals surface area (Å²) < 4.78 is 0.722. The molecule has 1 heterocycles. The van der Waals surface area contributed by atoms with Crippen LogP contribution in [0.4, 0.5) is 5.69 Å². The minimum absolute atomic E-state index is 0.273. The van der Waals surface area contributed by atoms with Crippen molar-refractivity contribution in [1.82, 2.24) is 4.98 Å². The Hall–Kier alpha value is -1.69. The van der Waals surface area contributed by atoms with E-state index in [0.29, 0.717) is 18.5 Å². The number of anilines is 1. The predicted molar refractivity (Wildman–Crippen MR) is 78.3 cm³/mol. The summed E-state index contributed by atoms with van der Waals surface area (Å²) in [5.41, 5.74) is 1.48. The number of hydrogen-bond donors (Lipinski definition) is 2. The highest BCUT2D eigenvalue weighted by atomic mass is 79.9. The van der Waals surface area contributed by atoms with Crippen LogP contribution >= 0.6 is 15.9 Å². The molecule has 0 saturated heterocycles. The summed E-state index contributed by atoms with van der Waals surface area (Å²) >= 11 is 3.29. The number of nitrogens with zero attached hydrogens (tertiary/aromatic N) is 1. The lowest BCUT2D eigenvalue weighted by Crippen LogP contribution is -2.34. The standard InChI is InChI=1S/C14H15BrN2O3/c1-8-6-9(7-16-12(8)15)17-13(18)10-4-2-3-5-11(10)14(19)20/h2-3,6-7,10-11H,4-5H2,1H3,(H,17,18)(H,19,20)/t10-,11+/m1/s1. The average Bonchev–Trinajstić information content (AvgIpc) is 2.43. The van der Waals surface area contributed by atoms with E-state index in [0.717, 1.165) is 10.2 Å². The predicted octanol–water partition coefficient (Wildman–Crippen LogP) is 2.76. The maximum Gasteiger partial charge on any atom is 0.307 e. The monoisotopic (exact) mass is 338 g/mol. The molecule has 1 aliphatic rings. The fourth-order valence-corrected chi connectivity index (χ4v) is 2.46.